The maximum atomic E-state index is 12.1. The van der Waals surface area contributed by atoms with Gasteiger partial charge in [-0.25, -0.2) is 12.7 Å². The lowest BCUT2D eigenvalue weighted by molar-refractivity contribution is 0.0736. The number of thiocarbonyl (C=S) groups is 1. The summed E-state index contributed by atoms with van der Waals surface area (Å²) in [4.78, 5) is 0.0177. The van der Waals surface area contributed by atoms with Crippen LogP contribution in [0.5, 0.6) is 0 Å². The number of likely N-dealkylation sites (N-methyl/N-ethyl adjacent to an activating group) is 1. The third-order valence-electron chi connectivity index (χ3n) is 2.34. The first-order chi connectivity index (χ1) is 7.73. The highest BCUT2D eigenvalue weighted by atomic mass is 32.2. The summed E-state index contributed by atoms with van der Waals surface area (Å²) >= 11 is 4.78. The van der Waals surface area contributed by atoms with Crippen LogP contribution in [0.1, 0.15) is 27.2 Å². The minimum atomic E-state index is -3.46. The van der Waals surface area contributed by atoms with Gasteiger partial charge in [0.05, 0.1) is 17.7 Å². The van der Waals surface area contributed by atoms with Crippen LogP contribution in [0.15, 0.2) is 0 Å². The summed E-state index contributed by atoms with van der Waals surface area (Å²) in [5.74, 6) is 0. The van der Waals surface area contributed by atoms with Gasteiger partial charge in [-0.1, -0.05) is 19.1 Å². The molecule has 102 valence electrons. The number of sulfonamides is 1. The van der Waals surface area contributed by atoms with Gasteiger partial charge in [-0.3, -0.25) is 0 Å². The van der Waals surface area contributed by atoms with E-state index in [1.807, 2.05) is 13.8 Å². The Kier molecular flexibility index (Phi) is 7.15. The molecule has 0 aliphatic carbocycles. The fraction of sp³-hybridized carbons (Fsp3) is 0.900. The number of hydrogen-bond acceptors (Lipinski definition) is 4. The Morgan fingerprint density at radius 2 is 2.00 bits per heavy atom. The van der Waals surface area contributed by atoms with E-state index in [-0.39, 0.29) is 11.1 Å². The van der Waals surface area contributed by atoms with Gasteiger partial charge in [0, 0.05) is 13.6 Å². The molecule has 0 aromatic heterocycles. The van der Waals surface area contributed by atoms with Crippen molar-refractivity contribution in [2.45, 2.75) is 38.5 Å². The molecule has 0 amide bonds. The average Bonchev–Trinajstić information content (AvgIpc) is 2.16. The molecule has 0 fully saturated rings. The average molecular weight is 282 g/mol. The lowest BCUT2D eigenvalue weighted by Gasteiger charge is -2.23. The molecule has 2 N–H and O–H groups in total. The standard InChI is InChI=1S/C10H22N2O3S2/c1-5-9(10(11)16)17(13,14)12(4)6-7-15-8(2)3/h8-9H,5-7H2,1-4H3,(H2,11,16). The lowest BCUT2D eigenvalue weighted by Crippen LogP contribution is -2.43. The first kappa shape index (κ1) is 16.8. The number of nitrogens with two attached hydrogens (primary N) is 1. The summed E-state index contributed by atoms with van der Waals surface area (Å²) < 4.78 is 30.7. The van der Waals surface area contributed by atoms with E-state index in [1.165, 1.54) is 11.4 Å². The molecule has 0 radical (unpaired) electrons. The fourth-order valence-electron chi connectivity index (χ4n) is 1.32. The highest BCUT2D eigenvalue weighted by Crippen LogP contribution is 2.11. The number of rotatable bonds is 8. The van der Waals surface area contributed by atoms with Crippen LogP contribution in [-0.4, -0.2) is 49.3 Å². The lowest BCUT2D eigenvalue weighted by atomic mass is 10.3. The van der Waals surface area contributed by atoms with E-state index >= 15 is 0 Å². The first-order valence-electron chi connectivity index (χ1n) is 5.59. The summed E-state index contributed by atoms with van der Waals surface area (Å²) in [6.45, 7) is 6.22. The molecule has 0 saturated heterocycles. The van der Waals surface area contributed by atoms with Crippen LogP contribution in [0.4, 0.5) is 0 Å². The predicted molar refractivity (Wildman–Crippen MR) is 73.5 cm³/mol. The molecule has 1 atom stereocenters. The van der Waals surface area contributed by atoms with Crippen molar-refractivity contribution in [3.63, 3.8) is 0 Å². The van der Waals surface area contributed by atoms with E-state index in [0.29, 0.717) is 19.6 Å². The molecule has 1 unspecified atom stereocenters. The molecule has 0 saturated carbocycles. The Bertz CT molecular complexity index is 341. The van der Waals surface area contributed by atoms with Crippen LogP contribution in [-0.2, 0) is 14.8 Å². The largest absolute Gasteiger partial charge is 0.392 e. The Hall–Kier alpha value is -0.240. The minimum Gasteiger partial charge on any atom is -0.392 e. The monoisotopic (exact) mass is 282 g/mol. The third kappa shape index (κ3) is 5.29. The van der Waals surface area contributed by atoms with Crippen LogP contribution >= 0.6 is 12.2 Å². The minimum absolute atomic E-state index is 0.0177. The normalized spacial score (nSPS) is 14.2. The van der Waals surface area contributed by atoms with Crippen molar-refractivity contribution in [3.05, 3.63) is 0 Å². The van der Waals surface area contributed by atoms with E-state index in [1.54, 1.807) is 6.92 Å². The molecule has 0 aromatic rings. The van der Waals surface area contributed by atoms with Crippen LogP contribution in [0.25, 0.3) is 0 Å². The van der Waals surface area contributed by atoms with Gasteiger partial charge in [-0.05, 0) is 20.3 Å². The highest BCUT2D eigenvalue weighted by Gasteiger charge is 2.30. The Morgan fingerprint density at radius 1 is 1.47 bits per heavy atom. The molecule has 17 heavy (non-hydrogen) atoms. The number of hydrogen-bond donors (Lipinski definition) is 1. The highest BCUT2D eigenvalue weighted by molar-refractivity contribution is 7.92. The van der Waals surface area contributed by atoms with E-state index < -0.39 is 15.3 Å². The summed E-state index contributed by atoms with van der Waals surface area (Å²) in [6.07, 6.45) is 0.469. The topological polar surface area (TPSA) is 72.6 Å². The molecule has 7 heteroatoms. The quantitative estimate of drug-likeness (QED) is 0.665. The van der Waals surface area contributed by atoms with Gasteiger partial charge < -0.3 is 10.5 Å². The zero-order valence-electron chi connectivity index (χ0n) is 10.8. The Labute approximate surface area is 109 Å². The van der Waals surface area contributed by atoms with E-state index in [2.05, 4.69) is 0 Å². The molecule has 0 rings (SSSR count). The predicted octanol–water partition coefficient (Wildman–Crippen LogP) is 0.738. The second-order valence-electron chi connectivity index (χ2n) is 4.09. The fourth-order valence-corrected chi connectivity index (χ4v) is 3.33. The molecule has 0 aliphatic heterocycles. The van der Waals surface area contributed by atoms with Crippen molar-refractivity contribution in [3.8, 4) is 0 Å². The van der Waals surface area contributed by atoms with Gasteiger partial charge in [-0.15, -0.1) is 0 Å². The van der Waals surface area contributed by atoms with Crippen LogP contribution in [0.2, 0.25) is 0 Å². The van der Waals surface area contributed by atoms with Gasteiger partial charge in [-0.2, -0.15) is 0 Å². The number of nitrogens with zero attached hydrogens (tertiary/aromatic N) is 1. The second-order valence-corrected chi connectivity index (χ2v) is 6.78. The molecule has 0 heterocycles. The van der Waals surface area contributed by atoms with Gasteiger partial charge >= 0.3 is 0 Å². The van der Waals surface area contributed by atoms with E-state index in [9.17, 15) is 8.42 Å². The molecule has 0 spiro atoms. The van der Waals surface area contributed by atoms with Gasteiger partial charge in [0.2, 0.25) is 10.0 Å². The molecule has 0 bridgehead atoms. The van der Waals surface area contributed by atoms with E-state index in [4.69, 9.17) is 22.7 Å². The SMILES string of the molecule is CCC(C(N)=S)S(=O)(=O)N(C)CCOC(C)C. The number of ether oxygens (including phenoxy) is 1. The Morgan fingerprint density at radius 3 is 2.35 bits per heavy atom. The smallest absolute Gasteiger partial charge is 0.223 e. The van der Waals surface area contributed by atoms with Gasteiger partial charge in [0.1, 0.15) is 5.25 Å². The molecule has 0 aromatic carbocycles. The summed E-state index contributed by atoms with van der Waals surface area (Å²) in [6, 6.07) is 0. The van der Waals surface area contributed by atoms with Gasteiger partial charge in [0.15, 0.2) is 0 Å². The first-order valence-corrected chi connectivity index (χ1v) is 7.50. The maximum Gasteiger partial charge on any atom is 0.223 e. The van der Waals surface area contributed by atoms with Crippen molar-refractivity contribution in [2.75, 3.05) is 20.2 Å². The zero-order chi connectivity index (χ0) is 13.6. The summed E-state index contributed by atoms with van der Waals surface area (Å²) in [5.41, 5.74) is 5.44. The van der Waals surface area contributed by atoms with Crippen LogP contribution in [0, 0.1) is 0 Å². The molecule has 0 aliphatic rings. The molecule has 5 nitrogen and oxygen atoms in total. The Balaban J connectivity index is 4.54. The second kappa shape index (κ2) is 7.25. The van der Waals surface area contributed by atoms with Crippen LogP contribution < -0.4 is 5.73 Å². The maximum absolute atomic E-state index is 12.1. The van der Waals surface area contributed by atoms with E-state index in [0.717, 1.165) is 0 Å². The van der Waals surface area contributed by atoms with Crippen molar-refractivity contribution >= 4 is 27.2 Å². The van der Waals surface area contributed by atoms with Crippen LogP contribution in [0.3, 0.4) is 0 Å². The summed E-state index contributed by atoms with van der Waals surface area (Å²) in [7, 11) is -1.95. The molecular formula is C10H22N2O3S2. The molecular weight excluding hydrogens is 260 g/mol. The van der Waals surface area contributed by atoms with Crippen molar-refractivity contribution < 1.29 is 13.2 Å². The third-order valence-corrected chi connectivity index (χ3v) is 5.13. The zero-order valence-corrected chi connectivity index (χ0v) is 12.5. The van der Waals surface area contributed by atoms with Crippen molar-refractivity contribution in [1.82, 2.24) is 4.31 Å². The van der Waals surface area contributed by atoms with Gasteiger partial charge in [0.25, 0.3) is 0 Å². The summed E-state index contributed by atoms with van der Waals surface area (Å²) in [5, 5.41) is -0.790. The van der Waals surface area contributed by atoms with Crippen molar-refractivity contribution in [1.29, 1.82) is 0 Å². The van der Waals surface area contributed by atoms with Crippen molar-refractivity contribution in [2.24, 2.45) is 5.73 Å².